The fraction of sp³-hybridized carbons (Fsp3) is 0. The van der Waals surface area contributed by atoms with Crippen molar-refractivity contribution in [3.63, 3.8) is 0 Å². The predicted octanol–water partition coefficient (Wildman–Crippen LogP) is 9.34. The van der Waals surface area contributed by atoms with Gasteiger partial charge < -0.3 is 0 Å². The molecule has 0 aliphatic rings. The van der Waals surface area contributed by atoms with Gasteiger partial charge >= 0.3 is 0 Å². The van der Waals surface area contributed by atoms with Gasteiger partial charge in [0.25, 0.3) is 0 Å². The van der Waals surface area contributed by atoms with Crippen LogP contribution < -0.4 is 0 Å². The minimum Gasteiger partial charge on any atom is -0.208 e. The lowest BCUT2D eigenvalue weighted by molar-refractivity contribution is 1.07. The SMILES string of the molecule is C(#Cc1ccc(-c2nc(-c3ccc(C#Cc4ccccc4)cc3)nc(-c3ccc(-c4ccccc4)cc3)n2)cc1)c1ccccc1. The van der Waals surface area contributed by atoms with E-state index in [0.29, 0.717) is 17.5 Å². The molecule has 0 aliphatic heterocycles. The molecule has 46 heavy (non-hydrogen) atoms. The number of rotatable bonds is 4. The number of hydrogen-bond acceptors (Lipinski definition) is 3. The Balaban J connectivity index is 1.23. The summed E-state index contributed by atoms with van der Waals surface area (Å²) in [6, 6.07) is 54.7. The zero-order chi connectivity index (χ0) is 31.0. The van der Waals surface area contributed by atoms with Crippen LogP contribution in [0.15, 0.2) is 164 Å². The van der Waals surface area contributed by atoms with Crippen LogP contribution in [0.5, 0.6) is 0 Å². The first-order valence-corrected chi connectivity index (χ1v) is 15.0. The average molecular weight is 586 g/mol. The van der Waals surface area contributed by atoms with Crippen LogP contribution in [-0.4, -0.2) is 15.0 Å². The zero-order valence-corrected chi connectivity index (χ0v) is 24.9. The van der Waals surface area contributed by atoms with E-state index in [1.807, 2.05) is 127 Å². The number of nitrogens with zero attached hydrogens (tertiary/aromatic N) is 3. The molecule has 0 bridgehead atoms. The maximum atomic E-state index is 4.93. The molecule has 0 saturated carbocycles. The van der Waals surface area contributed by atoms with Crippen LogP contribution in [0.2, 0.25) is 0 Å². The highest BCUT2D eigenvalue weighted by atomic mass is 15.0. The summed E-state index contributed by atoms with van der Waals surface area (Å²) in [5.41, 5.74) is 8.80. The van der Waals surface area contributed by atoms with Crippen molar-refractivity contribution >= 4 is 0 Å². The first kappa shape index (κ1) is 28.2. The Bertz CT molecular complexity index is 2080. The Hall–Kier alpha value is -6.55. The fourth-order valence-corrected chi connectivity index (χ4v) is 4.94. The average Bonchev–Trinajstić information content (AvgIpc) is 3.15. The maximum Gasteiger partial charge on any atom is 0.164 e. The van der Waals surface area contributed by atoms with Crippen molar-refractivity contribution in [3.05, 3.63) is 186 Å². The molecule has 7 aromatic rings. The molecule has 6 aromatic carbocycles. The molecule has 0 spiro atoms. The third kappa shape index (κ3) is 6.81. The van der Waals surface area contributed by atoms with Crippen LogP contribution in [0.1, 0.15) is 22.3 Å². The van der Waals surface area contributed by atoms with Crippen LogP contribution in [0.3, 0.4) is 0 Å². The summed E-state index contributed by atoms with van der Waals surface area (Å²) >= 11 is 0. The molecule has 214 valence electrons. The van der Waals surface area contributed by atoms with Gasteiger partial charge in [-0.2, -0.15) is 0 Å². The summed E-state index contributed by atoms with van der Waals surface area (Å²) in [6.45, 7) is 0. The lowest BCUT2D eigenvalue weighted by Crippen LogP contribution is -2.00. The highest BCUT2D eigenvalue weighted by Gasteiger charge is 2.13. The third-order valence-corrected chi connectivity index (χ3v) is 7.42. The highest BCUT2D eigenvalue weighted by molar-refractivity contribution is 5.70. The van der Waals surface area contributed by atoms with E-state index in [4.69, 9.17) is 15.0 Å². The molecule has 0 unspecified atom stereocenters. The summed E-state index contributed by atoms with van der Waals surface area (Å²) in [5, 5.41) is 0. The van der Waals surface area contributed by atoms with E-state index in [9.17, 15) is 0 Å². The topological polar surface area (TPSA) is 38.7 Å². The first-order valence-electron chi connectivity index (χ1n) is 15.0. The third-order valence-electron chi connectivity index (χ3n) is 7.42. The number of benzene rings is 6. The minimum absolute atomic E-state index is 0.600. The van der Waals surface area contributed by atoms with E-state index in [0.717, 1.165) is 50.1 Å². The van der Waals surface area contributed by atoms with Gasteiger partial charge in [0.15, 0.2) is 17.5 Å². The molecular weight excluding hydrogens is 558 g/mol. The van der Waals surface area contributed by atoms with Crippen molar-refractivity contribution in [2.24, 2.45) is 0 Å². The maximum absolute atomic E-state index is 4.93. The van der Waals surface area contributed by atoms with Crippen LogP contribution in [0, 0.1) is 23.7 Å². The van der Waals surface area contributed by atoms with Crippen LogP contribution in [0.4, 0.5) is 0 Å². The second kappa shape index (κ2) is 13.4. The van der Waals surface area contributed by atoms with Crippen molar-refractivity contribution in [2.75, 3.05) is 0 Å². The normalized spacial score (nSPS) is 10.3. The molecule has 0 amide bonds. The lowest BCUT2D eigenvalue weighted by atomic mass is 10.0. The fourth-order valence-electron chi connectivity index (χ4n) is 4.94. The van der Waals surface area contributed by atoms with Gasteiger partial charge in [-0.1, -0.05) is 115 Å². The Morgan fingerprint density at radius 3 is 0.870 bits per heavy atom. The van der Waals surface area contributed by atoms with E-state index in [1.165, 1.54) is 0 Å². The molecule has 1 heterocycles. The van der Waals surface area contributed by atoms with Gasteiger partial charge in [0, 0.05) is 38.9 Å². The van der Waals surface area contributed by atoms with Crippen molar-refractivity contribution in [1.82, 2.24) is 15.0 Å². The molecule has 0 saturated heterocycles. The van der Waals surface area contributed by atoms with Gasteiger partial charge in [0.05, 0.1) is 0 Å². The molecule has 3 heteroatoms. The van der Waals surface area contributed by atoms with E-state index < -0.39 is 0 Å². The zero-order valence-electron chi connectivity index (χ0n) is 24.9. The summed E-state index contributed by atoms with van der Waals surface area (Å²) in [6.07, 6.45) is 0. The second-order valence-corrected chi connectivity index (χ2v) is 10.6. The van der Waals surface area contributed by atoms with E-state index in [-0.39, 0.29) is 0 Å². The molecule has 0 N–H and O–H groups in total. The van der Waals surface area contributed by atoms with Gasteiger partial charge in [-0.15, -0.1) is 0 Å². The Kier molecular flexibility index (Phi) is 8.22. The molecule has 0 radical (unpaired) electrons. The quantitative estimate of drug-likeness (QED) is 0.193. The van der Waals surface area contributed by atoms with Crippen LogP contribution in [-0.2, 0) is 0 Å². The number of aromatic nitrogens is 3. The molecule has 3 nitrogen and oxygen atoms in total. The van der Waals surface area contributed by atoms with Crippen LogP contribution >= 0.6 is 0 Å². The number of hydrogen-bond donors (Lipinski definition) is 0. The predicted molar refractivity (Wildman–Crippen MR) is 186 cm³/mol. The van der Waals surface area contributed by atoms with E-state index in [2.05, 4.69) is 60.1 Å². The summed E-state index contributed by atoms with van der Waals surface area (Å²) in [4.78, 5) is 14.8. The van der Waals surface area contributed by atoms with Gasteiger partial charge in [0.1, 0.15) is 0 Å². The summed E-state index contributed by atoms with van der Waals surface area (Å²) in [5.74, 6) is 14.7. The van der Waals surface area contributed by atoms with Gasteiger partial charge in [-0.3, -0.25) is 0 Å². The van der Waals surface area contributed by atoms with Gasteiger partial charge in [-0.25, -0.2) is 15.0 Å². The van der Waals surface area contributed by atoms with E-state index in [1.54, 1.807) is 0 Å². The molecule has 0 fully saturated rings. The highest BCUT2D eigenvalue weighted by Crippen LogP contribution is 2.27. The minimum atomic E-state index is 0.600. The van der Waals surface area contributed by atoms with Gasteiger partial charge in [-0.05, 0) is 83.9 Å². The largest absolute Gasteiger partial charge is 0.208 e. The van der Waals surface area contributed by atoms with Crippen molar-refractivity contribution in [1.29, 1.82) is 0 Å². The molecule has 7 rings (SSSR count). The monoisotopic (exact) mass is 585 g/mol. The molecule has 1 aromatic heterocycles. The standard InChI is InChI=1S/C43H27N3/c1-4-10-32(11-5-1)16-18-34-20-24-38(25-21-34)41-44-42(39-26-22-35(23-27-39)19-17-33-12-6-2-7-13-33)46-43(45-41)40-30-28-37(29-31-40)36-14-8-3-9-15-36/h1-15,20-31H. The smallest absolute Gasteiger partial charge is 0.164 e. The van der Waals surface area contributed by atoms with E-state index >= 15 is 0 Å². The van der Waals surface area contributed by atoms with Gasteiger partial charge in [0.2, 0.25) is 0 Å². The molecule has 0 atom stereocenters. The molecular formula is C43H27N3. The Labute approximate surface area is 269 Å². The summed E-state index contributed by atoms with van der Waals surface area (Å²) < 4.78 is 0. The van der Waals surface area contributed by atoms with Crippen molar-refractivity contribution in [2.45, 2.75) is 0 Å². The summed E-state index contributed by atoms with van der Waals surface area (Å²) in [7, 11) is 0. The van der Waals surface area contributed by atoms with Crippen LogP contribution in [0.25, 0.3) is 45.3 Å². The second-order valence-electron chi connectivity index (χ2n) is 10.6. The Morgan fingerprint density at radius 2 is 0.500 bits per heavy atom. The molecule has 0 aliphatic carbocycles. The Morgan fingerprint density at radius 1 is 0.239 bits per heavy atom. The van der Waals surface area contributed by atoms with Crippen molar-refractivity contribution in [3.8, 4) is 69.0 Å². The first-order chi connectivity index (χ1) is 22.8. The lowest BCUT2D eigenvalue weighted by Gasteiger charge is -2.09. The van der Waals surface area contributed by atoms with Crippen molar-refractivity contribution < 1.29 is 0 Å².